The minimum Gasteiger partial charge on any atom is -0.488 e. The van der Waals surface area contributed by atoms with Gasteiger partial charge in [0.15, 0.2) is 0 Å². The molecular weight excluding hydrogens is 400 g/mol. The van der Waals surface area contributed by atoms with Crippen LogP contribution in [0.3, 0.4) is 0 Å². The molecule has 2 aromatic carbocycles. The number of hydrogen-bond acceptors (Lipinski definition) is 4. The van der Waals surface area contributed by atoms with Crippen molar-refractivity contribution in [2.75, 3.05) is 6.54 Å². The van der Waals surface area contributed by atoms with Crippen LogP contribution in [0.4, 0.5) is 0 Å². The Hall–Kier alpha value is -3.38. The zero-order valence-electron chi connectivity index (χ0n) is 18.4. The number of nitrogens with one attached hydrogen (secondary N) is 2. The molecule has 32 heavy (non-hydrogen) atoms. The molecule has 2 aromatic heterocycles. The summed E-state index contributed by atoms with van der Waals surface area (Å²) in [5, 5.41) is 1.11. The molecule has 0 amide bonds. The average Bonchev–Trinajstić information content (AvgIpc) is 3.22. The summed E-state index contributed by atoms with van der Waals surface area (Å²) in [7, 11) is 0. The van der Waals surface area contributed by atoms with E-state index in [1.54, 1.807) is 0 Å². The van der Waals surface area contributed by atoms with E-state index in [-0.39, 0.29) is 5.56 Å². The number of H-pyrrole nitrogens is 2. The van der Waals surface area contributed by atoms with Gasteiger partial charge in [-0.05, 0) is 29.7 Å². The van der Waals surface area contributed by atoms with Crippen LogP contribution >= 0.6 is 0 Å². The molecule has 0 saturated carbocycles. The summed E-state index contributed by atoms with van der Waals surface area (Å²) in [6, 6.07) is 16.3. The first-order valence-corrected chi connectivity index (χ1v) is 11.3. The maximum absolute atomic E-state index is 12.6. The highest BCUT2D eigenvalue weighted by Gasteiger charge is 2.22. The van der Waals surface area contributed by atoms with Gasteiger partial charge in [0.2, 0.25) is 0 Å². The minimum absolute atomic E-state index is 0.00830. The average molecular weight is 429 g/mol. The maximum Gasteiger partial charge on any atom is 0.255 e. The second-order valence-electron chi connectivity index (χ2n) is 8.42. The Morgan fingerprint density at radius 2 is 2.00 bits per heavy atom. The first-order chi connectivity index (χ1) is 15.7. The number of hydrogen-bond donors (Lipinski definition) is 2. The molecule has 164 valence electrons. The zero-order valence-corrected chi connectivity index (χ0v) is 18.4. The fourth-order valence-electron chi connectivity index (χ4n) is 4.46. The van der Waals surface area contributed by atoms with E-state index < -0.39 is 0 Å². The second-order valence-corrected chi connectivity index (χ2v) is 8.42. The summed E-state index contributed by atoms with van der Waals surface area (Å²) in [6.45, 7) is 4.88. The van der Waals surface area contributed by atoms with Gasteiger partial charge in [-0.1, -0.05) is 43.3 Å². The van der Waals surface area contributed by atoms with E-state index in [1.807, 2.05) is 30.3 Å². The molecule has 3 heterocycles. The standard InChI is InChI=1S/C26H28N4O2/c1-2-7-24-28-21-12-13-30(16-20(21)26(31)29-24)15-19-14-27-22-10-6-11-23(25(19)22)32-17-18-8-4-3-5-9-18/h3-6,8-11,14,27H,2,7,12-13,15-17H2,1H3,(H,28,29,31). The van der Waals surface area contributed by atoms with Crippen molar-refractivity contribution in [1.82, 2.24) is 19.9 Å². The van der Waals surface area contributed by atoms with Crippen molar-refractivity contribution in [2.45, 2.75) is 45.9 Å². The Labute approximate surface area is 187 Å². The Balaban J connectivity index is 1.36. The number of benzene rings is 2. The highest BCUT2D eigenvalue weighted by molar-refractivity contribution is 5.89. The van der Waals surface area contributed by atoms with Crippen LogP contribution < -0.4 is 10.3 Å². The maximum atomic E-state index is 12.6. The van der Waals surface area contributed by atoms with Crippen LogP contribution in [0.15, 0.2) is 59.5 Å². The number of aromatic amines is 2. The van der Waals surface area contributed by atoms with Crippen LogP contribution in [-0.2, 0) is 32.5 Å². The number of nitrogens with zero attached hydrogens (tertiary/aromatic N) is 2. The predicted octanol–water partition coefficient (Wildman–Crippen LogP) is 4.34. The summed E-state index contributed by atoms with van der Waals surface area (Å²) < 4.78 is 6.20. The molecular formula is C26H28N4O2. The Morgan fingerprint density at radius 3 is 2.84 bits per heavy atom. The van der Waals surface area contributed by atoms with E-state index >= 15 is 0 Å². The van der Waals surface area contributed by atoms with Gasteiger partial charge in [-0.25, -0.2) is 4.98 Å². The van der Waals surface area contributed by atoms with E-state index in [2.05, 4.69) is 46.2 Å². The summed E-state index contributed by atoms with van der Waals surface area (Å²) in [5.41, 5.74) is 5.15. The smallest absolute Gasteiger partial charge is 0.255 e. The Morgan fingerprint density at radius 1 is 1.12 bits per heavy atom. The van der Waals surface area contributed by atoms with E-state index in [0.717, 1.165) is 71.6 Å². The van der Waals surface area contributed by atoms with Crippen molar-refractivity contribution in [3.8, 4) is 5.75 Å². The van der Waals surface area contributed by atoms with E-state index in [9.17, 15) is 4.79 Å². The molecule has 0 bridgehead atoms. The molecule has 1 aliphatic heterocycles. The van der Waals surface area contributed by atoms with Gasteiger partial charge in [0.1, 0.15) is 18.2 Å². The molecule has 6 nitrogen and oxygen atoms in total. The highest BCUT2D eigenvalue weighted by Crippen LogP contribution is 2.31. The van der Waals surface area contributed by atoms with Crippen molar-refractivity contribution >= 4 is 10.9 Å². The van der Waals surface area contributed by atoms with Crippen molar-refractivity contribution in [3.63, 3.8) is 0 Å². The number of ether oxygens (including phenoxy) is 1. The molecule has 0 radical (unpaired) electrons. The van der Waals surface area contributed by atoms with Gasteiger partial charge in [-0.15, -0.1) is 0 Å². The molecule has 0 unspecified atom stereocenters. The number of aryl methyl sites for hydroxylation is 1. The fourth-order valence-corrected chi connectivity index (χ4v) is 4.46. The summed E-state index contributed by atoms with van der Waals surface area (Å²) in [5.74, 6) is 1.69. The molecule has 0 saturated heterocycles. The summed E-state index contributed by atoms with van der Waals surface area (Å²) >= 11 is 0. The van der Waals surface area contributed by atoms with Crippen molar-refractivity contribution in [3.05, 3.63) is 93.3 Å². The lowest BCUT2D eigenvalue weighted by Crippen LogP contribution is -2.35. The van der Waals surface area contributed by atoms with Gasteiger partial charge < -0.3 is 14.7 Å². The molecule has 0 aliphatic carbocycles. The third kappa shape index (κ3) is 4.18. The monoisotopic (exact) mass is 428 g/mol. The van der Waals surface area contributed by atoms with E-state index in [0.29, 0.717) is 13.2 Å². The van der Waals surface area contributed by atoms with Gasteiger partial charge >= 0.3 is 0 Å². The van der Waals surface area contributed by atoms with E-state index in [1.165, 1.54) is 5.56 Å². The van der Waals surface area contributed by atoms with Crippen LogP contribution in [-0.4, -0.2) is 26.4 Å². The normalized spacial score (nSPS) is 13.9. The summed E-state index contributed by atoms with van der Waals surface area (Å²) in [4.78, 5) is 26.0. The zero-order chi connectivity index (χ0) is 21.9. The molecule has 1 aliphatic rings. The van der Waals surface area contributed by atoms with Crippen molar-refractivity contribution in [1.29, 1.82) is 0 Å². The van der Waals surface area contributed by atoms with Crippen LogP contribution in [0.1, 0.15) is 41.6 Å². The van der Waals surface area contributed by atoms with Crippen molar-refractivity contribution in [2.24, 2.45) is 0 Å². The lowest BCUT2D eigenvalue weighted by molar-refractivity contribution is 0.242. The van der Waals surface area contributed by atoms with Crippen LogP contribution in [0, 0.1) is 0 Å². The highest BCUT2D eigenvalue weighted by atomic mass is 16.5. The van der Waals surface area contributed by atoms with Gasteiger partial charge in [-0.2, -0.15) is 0 Å². The van der Waals surface area contributed by atoms with Crippen LogP contribution in [0.5, 0.6) is 5.75 Å². The molecule has 4 aromatic rings. The third-order valence-electron chi connectivity index (χ3n) is 6.06. The van der Waals surface area contributed by atoms with Gasteiger partial charge in [0.05, 0.1) is 11.3 Å². The minimum atomic E-state index is 0.00830. The Bertz CT molecular complexity index is 1280. The van der Waals surface area contributed by atoms with Crippen LogP contribution in [0.25, 0.3) is 10.9 Å². The van der Waals surface area contributed by atoms with Crippen molar-refractivity contribution < 1.29 is 4.74 Å². The lowest BCUT2D eigenvalue weighted by Gasteiger charge is -2.27. The molecule has 0 atom stereocenters. The number of aromatic nitrogens is 3. The third-order valence-corrected chi connectivity index (χ3v) is 6.06. The fraction of sp³-hybridized carbons (Fsp3) is 0.308. The Kier molecular flexibility index (Phi) is 5.77. The quantitative estimate of drug-likeness (QED) is 0.459. The molecule has 2 N–H and O–H groups in total. The second kappa shape index (κ2) is 9.01. The topological polar surface area (TPSA) is 74.0 Å². The largest absolute Gasteiger partial charge is 0.488 e. The molecule has 6 heteroatoms. The molecule has 5 rings (SSSR count). The van der Waals surface area contributed by atoms with Gasteiger partial charge in [-0.3, -0.25) is 9.69 Å². The SMILES string of the molecule is CCCc1nc2c(c(=O)[nH]1)CN(Cc1c[nH]c3cccc(OCc4ccccc4)c13)CC2. The number of rotatable bonds is 7. The first kappa shape index (κ1) is 20.5. The first-order valence-electron chi connectivity index (χ1n) is 11.3. The van der Waals surface area contributed by atoms with Gasteiger partial charge in [0, 0.05) is 49.6 Å². The lowest BCUT2D eigenvalue weighted by atomic mass is 10.1. The van der Waals surface area contributed by atoms with E-state index in [4.69, 9.17) is 9.72 Å². The molecule has 0 spiro atoms. The molecule has 0 fully saturated rings. The number of fused-ring (bicyclic) bond motifs is 2. The van der Waals surface area contributed by atoms with Gasteiger partial charge in [0.25, 0.3) is 5.56 Å². The summed E-state index contributed by atoms with van der Waals surface area (Å²) in [6.07, 6.45) is 4.65. The predicted molar refractivity (Wildman–Crippen MR) is 126 cm³/mol. The van der Waals surface area contributed by atoms with Crippen LogP contribution in [0.2, 0.25) is 0 Å².